The number of benzene rings is 1. The van der Waals surface area contributed by atoms with Gasteiger partial charge in [0.1, 0.15) is 0 Å². The molecule has 25 heavy (non-hydrogen) atoms. The van der Waals surface area contributed by atoms with Gasteiger partial charge in [-0.1, -0.05) is 42.6 Å². The van der Waals surface area contributed by atoms with E-state index in [9.17, 15) is 9.59 Å². The van der Waals surface area contributed by atoms with Crippen molar-refractivity contribution < 1.29 is 9.59 Å². The summed E-state index contributed by atoms with van der Waals surface area (Å²) in [5.41, 5.74) is 1.55. The molecule has 134 valence electrons. The minimum absolute atomic E-state index is 0.0829. The molecule has 0 fully saturated rings. The van der Waals surface area contributed by atoms with Gasteiger partial charge in [-0.25, -0.2) is 0 Å². The third-order valence-electron chi connectivity index (χ3n) is 3.71. The molecule has 1 N–H and O–H groups in total. The van der Waals surface area contributed by atoms with Crippen molar-refractivity contribution in [2.24, 2.45) is 0 Å². The van der Waals surface area contributed by atoms with Crippen LogP contribution < -0.4 is 5.32 Å². The molecule has 0 spiro atoms. The van der Waals surface area contributed by atoms with Crippen LogP contribution in [0.1, 0.15) is 33.5 Å². The third-order valence-corrected chi connectivity index (χ3v) is 5.42. The molecule has 4 nitrogen and oxygen atoms in total. The fraction of sp³-hybridized carbons (Fsp3) is 0.333. The van der Waals surface area contributed by atoms with Gasteiger partial charge >= 0.3 is 0 Å². The molecule has 2 rings (SSSR count). The molecule has 1 aromatic heterocycles. The van der Waals surface area contributed by atoms with Gasteiger partial charge in [-0.3, -0.25) is 9.59 Å². The topological polar surface area (TPSA) is 49.4 Å². The van der Waals surface area contributed by atoms with Crippen LogP contribution in [0, 0.1) is 6.92 Å². The van der Waals surface area contributed by atoms with Gasteiger partial charge in [0, 0.05) is 11.9 Å². The number of aryl methyl sites for hydroxylation is 2. The molecule has 2 aromatic rings. The molecule has 1 aromatic carbocycles. The number of hydrogen-bond donors (Lipinski definition) is 1. The van der Waals surface area contributed by atoms with Crippen molar-refractivity contribution in [3.05, 3.63) is 49.6 Å². The summed E-state index contributed by atoms with van der Waals surface area (Å²) in [5.74, 6) is -0.524. The highest BCUT2D eigenvalue weighted by Gasteiger charge is 2.19. The maximum absolute atomic E-state index is 12.5. The molecule has 0 unspecified atom stereocenters. The van der Waals surface area contributed by atoms with Crippen molar-refractivity contribution in [1.29, 1.82) is 0 Å². The van der Waals surface area contributed by atoms with Crippen molar-refractivity contribution in [3.8, 4) is 0 Å². The molecule has 0 bridgehead atoms. The summed E-state index contributed by atoms with van der Waals surface area (Å²) in [6.07, 6.45) is 1.98. The van der Waals surface area contributed by atoms with Crippen molar-refractivity contribution in [2.45, 2.75) is 26.7 Å². The molecular formula is C18H20Cl2N2O2S. The van der Waals surface area contributed by atoms with E-state index >= 15 is 0 Å². The van der Waals surface area contributed by atoms with Crippen LogP contribution in [0.2, 0.25) is 10.0 Å². The van der Waals surface area contributed by atoms with Crippen LogP contribution in [0.3, 0.4) is 0 Å². The van der Waals surface area contributed by atoms with Gasteiger partial charge in [0.2, 0.25) is 5.91 Å². The lowest BCUT2D eigenvalue weighted by Crippen LogP contribution is -2.34. The fourth-order valence-electron chi connectivity index (χ4n) is 2.41. The minimum Gasteiger partial charge on any atom is -0.332 e. The third kappa shape index (κ3) is 4.97. The number of anilines is 1. The van der Waals surface area contributed by atoms with Crippen LogP contribution >= 0.6 is 34.5 Å². The molecule has 0 saturated carbocycles. The number of rotatable bonds is 6. The summed E-state index contributed by atoms with van der Waals surface area (Å²) >= 11 is 13.5. The first-order valence-corrected chi connectivity index (χ1v) is 9.49. The zero-order valence-electron chi connectivity index (χ0n) is 14.4. The predicted octanol–water partition coefficient (Wildman–Crippen LogP) is 5.03. The Balaban J connectivity index is 2.03. The Kier molecular flexibility index (Phi) is 6.87. The van der Waals surface area contributed by atoms with Crippen molar-refractivity contribution >= 4 is 52.0 Å². The number of para-hydroxylation sites is 1. The Hall–Kier alpha value is -1.56. The van der Waals surface area contributed by atoms with E-state index in [0.29, 0.717) is 20.6 Å². The Bertz CT molecular complexity index is 769. The van der Waals surface area contributed by atoms with Crippen LogP contribution in [0.15, 0.2) is 24.3 Å². The van der Waals surface area contributed by atoms with E-state index in [1.165, 1.54) is 21.8 Å². The number of nitrogens with zero attached hydrogens (tertiary/aromatic N) is 1. The van der Waals surface area contributed by atoms with E-state index < -0.39 is 0 Å². The average Bonchev–Trinajstić information content (AvgIpc) is 2.91. The maximum Gasteiger partial charge on any atom is 0.264 e. The van der Waals surface area contributed by atoms with Crippen LogP contribution in [-0.2, 0) is 11.2 Å². The van der Waals surface area contributed by atoms with Gasteiger partial charge in [0.25, 0.3) is 5.91 Å². The van der Waals surface area contributed by atoms with Crippen LogP contribution in [0.25, 0.3) is 0 Å². The first kappa shape index (κ1) is 19.8. The van der Waals surface area contributed by atoms with Gasteiger partial charge in [-0.2, -0.15) is 0 Å². The summed E-state index contributed by atoms with van der Waals surface area (Å²) in [7, 11) is 1.60. The van der Waals surface area contributed by atoms with Crippen molar-refractivity contribution in [2.75, 3.05) is 18.9 Å². The van der Waals surface area contributed by atoms with Crippen molar-refractivity contribution in [1.82, 2.24) is 4.90 Å². The second-order valence-electron chi connectivity index (χ2n) is 5.75. The SMILES string of the molecule is CCCc1cc(C(=O)N(C)CC(=O)Nc2c(Cl)cccc2Cl)sc1C. The molecule has 0 aliphatic carbocycles. The maximum atomic E-state index is 12.5. The standard InChI is InChI=1S/C18H20Cl2N2O2S/c1-4-6-12-9-15(25-11(12)2)18(24)22(3)10-16(23)21-17-13(19)7-5-8-14(17)20/h5,7-9H,4,6,10H2,1-3H3,(H,21,23). The minimum atomic E-state index is -0.354. The Morgan fingerprint density at radius 3 is 2.48 bits per heavy atom. The van der Waals surface area contributed by atoms with Gasteiger partial charge in [-0.05, 0) is 37.1 Å². The first-order valence-electron chi connectivity index (χ1n) is 7.92. The van der Waals surface area contributed by atoms with E-state index in [1.807, 2.05) is 13.0 Å². The lowest BCUT2D eigenvalue weighted by molar-refractivity contribution is -0.116. The highest BCUT2D eigenvalue weighted by molar-refractivity contribution is 7.14. The molecule has 0 saturated heterocycles. The zero-order chi connectivity index (χ0) is 18.6. The molecular weight excluding hydrogens is 379 g/mol. The van der Waals surface area contributed by atoms with Crippen LogP contribution in [-0.4, -0.2) is 30.3 Å². The summed E-state index contributed by atoms with van der Waals surface area (Å²) in [6.45, 7) is 4.04. The molecule has 0 aliphatic heterocycles. The van der Waals surface area contributed by atoms with E-state index in [4.69, 9.17) is 23.2 Å². The first-order chi connectivity index (χ1) is 11.8. The summed E-state index contributed by atoms with van der Waals surface area (Å²) in [4.78, 5) is 27.9. The zero-order valence-corrected chi connectivity index (χ0v) is 16.7. The summed E-state index contributed by atoms with van der Waals surface area (Å²) in [5, 5.41) is 3.37. The largest absolute Gasteiger partial charge is 0.332 e. The highest BCUT2D eigenvalue weighted by atomic mass is 35.5. The second kappa shape index (κ2) is 8.70. The molecule has 0 aliphatic rings. The number of thiophene rings is 1. The molecule has 0 radical (unpaired) electrons. The van der Waals surface area contributed by atoms with E-state index in [0.717, 1.165) is 17.7 Å². The highest BCUT2D eigenvalue weighted by Crippen LogP contribution is 2.29. The number of amides is 2. The molecule has 1 heterocycles. The quantitative estimate of drug-likeness (QED) is 0.741. The van der Waals surface area contributed by atoms with Gasteiger partial charge in [-0.15, -0.1) is 11.3 Å². The predicted molar refractivity (Wildman–Crippen MR) is 105 cm³/mol. The van der Waals surface area contributed by atoms with E-state index in [2.05, 4.69) is 12.2 Å². The van der Waals surface area contributed by atoms with E-state index in [-0.39, 0.29) is 18.4 Å². The molecule has 7 heteroatoms. The summed E-state index contributed by atoms with van der Waals surface area (Å²) in [6, 6.07) is 6.90. The number of carbonyl (C=O) groups excluding carboxylic acids is 2. The lowest BCUT2D eigenvalue weighted by Gasteiger charge is -2.16. The smallest absolute Gasteiger partial charge is 0.264 e. The number of likely N-dealkylation sites (N-methyl/N-ethyl adjacent to an activating group) is 1. The monoisotopic (exact) mass is 398 g/mol. The number of nitrogens with one attached hydrogen (secondary N) is 1. The Morgan fingerprint density at radius 2 is 1.88 bits per heavy atom. The number of halogens is 2. The molecule has 0 atom stereocenters. The fourth-order valence-corrected chi connectivity index (χ4v) is 3.97. The van der Waals surface area contributed by atoms with Gasteiger partial charge in [0.05, 0.1) is 27.2 Å². The Labute approximate surface area is 161 Å². The number of carbonyl (C=O) groups is 2. The van der Waals surface area contributed by atoms with Crippen LogP contribution in [0.4, 0.5) is 5.69 Å². The number of hydrogen-bond acceptors (Lipinski definition) is 3. The molecule has 2 amide bonds. The average molecular weight is 399 g/mol. The normalized spacial score (nSPS) is 10.6. The summed E-state index contributed by atoms with van der Waals surface area (Å²) < 4.78 is 0. The van der Waals surface area contributed by atoms with Crippen LogP contribution in [0.5, 0.6) is 0 Å². The van der Waals surface area contributed by atoms with Gasteiger partial charge in [0.15, 0.2) is 0 Å². The second-order valence-corrected chi connectivity index (χ2v) is 7.82. The van der Waals surface area contributed by atoms with E-state index in [1.54, 1.807) is 25.2 Å². The Morgan fingerprint density at radius 1 is 1.24 bits per heavy atom. The van der Waals surface area contributed by atoms with Gasteiger partial charge < -0.3 is 10.2 Å². The lowest BCUT2D eigenvalue weighted by atomic mass is 10.1. The van der Waals surface area contributed by atoms with Crippen molar-refractivity contribution in [3.63, 3.8) is 0 Å².